The summed E-state index contributed by atoms with van der Waals surface area (Å²) in [5.41, 5.74) is 6.50. The van der Waals surface area contributed by atoms with E-state index in [0.717, 1.165) is 38.6 Å². The van der Waals surface area contributed by atoms with Gasteiger partial charge < -0.3 is 15.2 Å². The number of benzene rings is 1. The van der Waals surface area contributed by atoms with Crippen LogP contribution in [0.3, 0.4) is 0 Å². The maximum Gasteiger partial charge on any atom is 0.142 e. The molecule has 0 spiro atoms. The molecule has 0 atom stereocenters. The van der Waals surface area contributed by atoms with E-state index in [4.69, 9.17) is 15.2 Å². The molecule has 0 radical (unpaired) electrons. The molecule has 1 rings (SSSR count). The van der Waals surface area contributed by atoms with Crippen LogP contribution in [0.2, 0.25) is 0 Å². The van der Waals surface area contributed by atoms with Gasteiger partial charge >= 0.3 is 0 Å². The standard InChI is InChI=1S/C14H24N2O2/c1-3-16(9-11-17-4-2)10-12-18-14-8-6-5-7-13(14)15/h5-8H,3-4,9-12,15H2,1-2H3. The fraction of sp³-hybridized carbons (Fsp3) is 0.571. The molecule has 0 saturated heterocycles. The molecule has 0 amide bonds. The van der Waals surface area contributed by atoms with Crippen LogP contribution in [0.1, 0.15) is 13.8 Å². The van der Waals surface area contributed by atoms with Crippen LogP contribution in [0.5, 0.6) is 5.75 Å². The van der Waals surface area contributed by atoms with Crippen molar-refractivity contribution in [2.45, 2.75) is 13.8 Å². The van der Waals surface area contributed by atoms with Crippen LogP contribution in [-0.2, 0) is 4.74 Å². The molecule has 1 aromatic rings. The Morgan fingerprint density at radius 3 is 2.50 bits per heavy atom. The van der Waals surface area contributed by atoms with Crippen LogP contribution in [0, 0.1) is 0 Å². The van der Waals surface area contributed by atoms with E-state index in [9.17, 15) is 0 Å². The number of hydrogen-bond donors (Lipinski definition) is 1. The molecule has 0 heterocycles. The lowest BCUT2D eigenvalue weighted by Crippen LogP contribution is -2.31. The number of likely N-dealkylation sites (N-methyl/N-ethyl adjacent to an activating group) is 1. The van der Waals surface area contributed by atoms with Crippen molar-refractivity contribution >= 4 is 5.69 Å². The average Bonchev–Trinajstić information content (AvgIpc) is 2.39. The van der Waals surface area contributed by atoms with Crippen LogP contribution < -0.4 is 10.5 Å². The summed E-state index contributed by atoms with van der Waals surface area (Å²) in [7, 11) is 0. The minimum absolute atomic E-state index is 0.647. The molecule has 4 heteroatoms. The minimum atomic E-state index is 0.647. The summed E-state index contributed by atoms with van der Waals surface area (Å²) in [6.45, 7) is 9.18. The summed E-state index contributed by atoms with van der Waals surface area (Å²) in [6, 6.07) is 7.58. The third kappa shape index (κ3) is 5.38. The fourth-order valence-electron chi connectivity index (χ4n) is 1.66. The summed E-state index contributed by atoms with van der Waals surface area (Å²) >= 11 is 0. The van der Waals surface area contributed by atoms with Crippen LogP contribution in [0.15, 0.2) is 24.3 Å². The Hall–Kier alpha value is -1.26. The highest BCUT2D eigenvalue weighted by Crippen LogP contribution is 2.19. The zero-order chi connectivity index (χ0) is 13.2. The van der Waals surface area contributed by atoms with E-state index >= 15 is 0 Å². The summed E-state index contributed by atoms with van der Waals surface area (Å²) in [4.78, 5) is 2.30. The van der Waals surface area contributed by atoms with Gasteiger partial charge in [0, 0.05) is 19.7 Å². The zero-order valence-corrected chi connectivity index (χ0v) is 11.4. The van der Waals surface area contributed by atoms with E-state index in [-0.39, 0.29) is 0 Å². The average molecular weight is 252 g/mol. The Labute approximate surface area is 110 Å². The number of nitrogen functional groups attached to an aromatic ring is 1. The molecule has 18 heavy (non-hydrogen) atoms. The van der Waals surface area contributed by atoms with Crippen molar-refractivity contribution in [3.05, 3.63) is 24.3 Å². The number of anilines is 1. The van der Waals surface area contributed by atoms with Crippen molar-refractivity contribution in [3.63, 3.8) is 0 Å². The van der Waals surface area contributed by atoms with Crippen molar-refractivity contribution < 1.29 is 9.47 Å². The fourth-order valence-corrected chi connectivity index (χ4v) is 1.66. The van der Waals surface area contributed by atoms with Crippen molar-refractivity contribution in [2.75, 3.05) is 45.2 Å². The van der Waals surface area contributed by atoms with Gasteiger partial charge in [-0.3, -0.25) is 4.90 Å². The van der Waals surface area contributed by atoms with Gasteiger partial charge in [-0.05, 0) is 25.6 Å². The first kappa shape index (κ1) is 14.8. The number of para-hydroxylation sites is 2. The van der Waals surface area contributed by atoms with E-state index in [1.54, 1.807) is 0 Å². The van der Waals surface area contributed by atoms with Crippen molar-refractivity contribution in [1.82, 2.24) is 4.90 Å². The molecule has 0 saturated carbocycles. The van der Waals surface area contributed by atoms with Gasteiger partial charge in [-0.15, -0.1) is 0 Å². The van der Waals surface area contributed by atoms with E-state index in [0.29, 0.717) is 12.3 Å². The highest BCUT2D eigenvalue weighted by Gasteiger charge is 2.03. The largest absolute Gasteiger partial charge is 0.490 e. The monoisotopic (exact) mass is 252 g/mol. The van der Waals surface area contributed by atoms with Gasteiger partial charge in [-0.2, -0.15) is 0 Å². The van der Waals surface area contributed by atoms with Crippen LogP contribution >= 0.6 is 0 Å². The molecule has 0 aromatic heterocycles. The molecule has 0 fully saturated rings. The molecule has 0 aliphatic rings. The molecule has 102 valence electrons. The van der Waals surface area contributed by atoms with Gasteiger partial charge in [0.2, 0.25) is 0 Å². The Balaban J connectivity index is 2.24. The van der Waals surface area contributed by atoms with E-state index in [1.165, 1.54) is 0 Å². The molecule has 4 nitrogen and oxygen atoms in total. The minimum Gasteiger partial charge on any atom is -0.490 e. The maximum absolute atomic E-state index is 5.81. The SMILES string of the molecule is CCOCCN(CC)CCOc1ccccc1N. The molecular formula is C14H24N2O2. The van der Waals surface area contributed by atoms with Gasteiger partial charge in [-0.1, -0.05) is 19.1 Å². The number of rotatable bonds is 9. The lowest BCUT2D eigenvalue weighted by Gasteiger charge is -2.20. The first-order valence-electron chi connectivity index (χ1n) is 6.55. The smallest absolute Gasteiger partial charge is 0.142 e. The summed E-state index contributed by atoms with van der Waals surface area (Å²) in [5, 5.41) is 0. The van der Waals surface area contributed by atoms with Gasteiger partial charge in [0.05, 0.1) is 12.3 Å². The normalized spacial score (nSPS) is 10.8. The summed E-state index contributed by atoms with van der Waals surface area (Å²) in [6.07, 6.45) is 0. The summed E-state index contributed by atoms with van der Waals surface area (Å²) < 4.78 is 11.0. The lowest BCUT2D eigenvalue weighted by molar-refractivity contribution is 0.108. The van der Waals surface area contributed by atoms with Crippen molar-refractivity contribution in [3.8, 4) is 5.75 Å². The third-order valence-corrected chi connectivity index (χ3v) is 2.79. The zero-order valence-electron chi connectivity index (χ0n) is 11.4. The predicted octanol–water partition coefficient (Wildman–Crippen LogP) is 2.01. The lowest BCUT2D eigenvalue weighted by atomic mass is 10.3. The molecule has 0 bridgehead atoms. The number of hydrogen-bond acceptors (Lipinski definition) is 4. The maximum atomic E-state index is 5.81. The molecule has 0 aliphatic carbocycles. The highest BCUT2D eigenvalue weighted by atomic mass is 16.5. The first-order chi connectivity index (χ1) is 8.77. The second kappa shape index (κ2) is 8.78. The number of nitrogens with two attached hydrogens (primary N) is 1. The number of ether oxygens (including phenoxy) is 2. The van der Waals surface area contributed by atoms with Crippen LogP contribution in [0.4, 0.5) is 5.69 Å². The molecule has 0 unspecified atom stereocenters. The first-order valence-corrected chi connectivity index (χ1v) is 6.55. The van der Waals surface area contributed by atoms with Crippen molar-refractivity contribution in [1.29, 1.82) is 0 Å². The van der Waals surface area contributed by atoms with Gasteiger partial charge in [0.25, 0.3) is 0 Å². The molecular weight excluding hydrogens is 228 g/mol. The molecule has 0 aliphatic heterocycles. The van der Waals surface area contributed by atoms with Crippen LogP contribution in [0.25, 0.3) is 0 Å². The van der Waals surface area contributed by atoms with E-state index in [2.05, 4.69) is 11.8 Å². The Morgan fingerprint density at radius 2 is 1.83 bits per heavy atom. The van der Waals surface area contributed by atoms with E-state index < -0.39 is 0 Å². The highest BCUT2D eigenvalue weighted by molar-refractivity contribution is 5.51. The Bertz CT molecular complexity index is 331. The quantitative estimate of drug-likeness (QED) is 0.539. The third-order valence-electron chi connectivity index (χ3n) is 2.79. The van der Waals surface area contributed by atoms with Crippen molar-refractivity contribution in [2.24, 2.45) is 0 Å². The van der Waals surface area contributed by atoms with Crippen LogP contribution in [-0.4, -0.2) is 44.4 Å². The Morgan fingerprint density at radius 1 is 1.11 bits per heavy atom. The molecule has 2 N–H and O–H groups in total. The van der Waals surface area contributed by atoms with Gasteiger partial charge in [0.15, 0.2) is 0 Å². The second-order valence-corrected chi connectivity index (χ2v) is 4.02. The summed E-state index contributed by atoms with van der Waals surface area (Å²) in [5.74, 6) is 0.762. The predicted molar refractivity (Wildman–Crippen MR) is 75.0 cm³/mol. The van der Waals surface area contributed by atoms with Gasteiger partial charge in [-0.25, -0.2) is 0 Å². The topological polar surface area (TPSA) is 47.7 Å². The van der Waals surface area contributed by atoms with E-state index in [1.807, 2.05) is 31.2 Å². The Kier molecular flexibility index (Phi) is 7.22. The number of nitrogens with zero attached hydrogens (tertiary/aromatic N) is 1. The molecule has 1 aromatic carbocycles. The second-order valence-electron chi connectivity index (χ2n) is 4.02. The van der Waals surface area contributed by atoms with Gasteiger partial charge in [0.1, 0.15) is 12.4 Å².